The number of para-hydroxylation sites is 2. The summed E-state index contributed by atoms with van der Waals surface area (Å²) in [5.41, 5.74) is 1.49. The van der Waals surface area contributed by atoms with E-state index < -0.39 is 20.9 Å². The van der Waals surface area contributed by atoms with Gasteiger partial charge in [0, 0.05) is 22.9 Å². The van der Waals surface area contributed by atoms with Gasteiger partial charge in [-0.15, -0.1) is 0 Å². The Labute approximate surface area is 185 Å². The van der Waals surface area contributed by atoms with Crippen molar-refractivity contribution in [3.63, 3.8) is 0 Å². The quantitative estimate of drug-likeness (QED) is 0.404. The SMILES string of the molecule is COc1ccccc1NS(=O)(=O)c1cc(NC(=O)c2ccc([N+](=O)[O-])c(C)c2)ccc1C. The number of hydrogen-bond donors (Lipinski definition) is 2. The van der Waals surface area contributed by atoms with Gasteiger partial charge in [0.1, 0.15) is 5.75 Å². The molecule has 0 radical (unpaired) electrons. The lowest BCUT2D eigenvalue weighted by molar-refractivity contribution is -0.385. The Hall–Kier alpha value is -3.92. The lowest BCUT2D eigenvalue weighted by atomic mass is 10.1. The molecule has 0 unspecified atom stereocenters. The minimum atomic E-state index is -3.98. The number of hydrogen-bond acceptors (Lipinski definition) is 6. The standard InChI is InChI=1S/C22H21N3O6S/c1-14-8-10-17(23-22(26)16-9-11-19(25(27)28)15(2)12-16)13-21(14)32(29,30)24-18-6-4-5-7-20(18)31-3/h4-13,24H,1-3H3,(H,23,26). The molecule has 0 fully saturated rings. The van der Waals surface area contributed by atoms with Crippen LogP contribution in [0.5, 0.6) is 5.75 Å². The van der Waals surface area contributed by atoms with Crippen LogP contribution in [0.1, 0.15) is 21.5 Å². The topological polar surface area (TPSA) is 128 Å². The van der Waals surface area contributed by atoms with Crippen LogP contribution >= 0.6 is 0 Å². The van der Waals surface area contributed by atoms with Crippen molar-refractivity contribution >= 4 is 33.0 Å². The van der Waals surface area contributed by atoms with Crippen molar-refractivity contribution in [2.45, 2.75) is 18.7 Å². The minimum Gasteiger partial charge on any atom is -0.495 e. The first-order chi connectivity index (χ1) is 15.1. The molecule has 3 aromatic carbocycles. The number of amides is 1. The van der Waals surface area contributed by atoms with E-state index in [2.05, 4.69) is 10.0 Å². The summed E-state index contributed by atoms with van der Waals surface area (Å²) in [6.07, 6.45) is 0. The number of nitrogens with one attached hydrogen (secondary N) is 2. The van der Waals surface area contributed by atoms with E-state index in [4.69, 9.17) is 4.74 Å². The van der Waals surface area contributed by atoms with Crippen molar-refractivity contribution < 1.29 is 22.9 Å². The van der Waals surface area contributed by atoms with Gasteiger partial charge in [-0.05, 0) is 55.8 Å². The van der Waals surface area contributed by atoms with Crippen molar-refractivity contribution in [1.29, 1.82) is 0 Å². The van der Waals surface area contributed by atoms with Crippen LogP contribution in [0.4, 0.5) is 17.1 Å². The van der Waals surface area contributed by atoms with E-state index >= 15 is 0 Å². The number of carbonyl (C=O) groups excluding carboxylic acids is 1. The number of rotatable bonds is 7. The number of nitrogens with zero attached hydrogens (tertiary/aromatic N) is 1. The molecule has 32 heavy (non-hydrogen) atoms. The second-order valence-electron chi connectivity index (χ2n) is 7.00. The van der Waals surface area contributed by atoms with E-state index in [1.807, 2.05) is 0 Å². The molecule has 0 aliphatic carbocycles. The summed E-state index contributed by atoms with van der Waals surface area (Å²) in [5.74, 6) is -0.153. The summed E-state index contributed by atoms with van der Waals surface area (Å²) in [5, 5.41) is 13.6. The lowest BCUT2D eigenvalue weighted by Gasteiger charge is -2.14. The monoisotopic (exact) mass is 455 g/mol. The fourth-order valence-electron chi connectivity index (χ4n) is 3.10. The number of benzene rings is 3. The molecule has 166 valence electrons. The Kier molecular flexibility index (Phi) is 6.45. The summed E-state index contributed by atoms with van der Waals surface area (Å²) < 4.78 is 33.7. The highest BCUT2D eigenvalue weighted by Gasteiger charge is 2.20. The molecule has 0 aromatic heterocycles. The summed E-state index contributed by atoms with van der Waals surface area (Å²) in [7, 11) is -2.54. The molecular formula is C22H21N3O6S. The second-order valence-corrected chi connectivity index (χ2v) is 8.65. The Bertz CT molecular complexity index is 1300. The average Bonchev–Trinajstić information content (AvgIpc) is 2.74. The number of aryl methyl sites for hydroxylation is 2. The smallest absolute Gasteiger partial charge is 0.272 e. The highest BCUT2D eigenvalue weighted by Crippen LogP contribution is 2.28. The van der Waals surface area contributed by atoms with Crippen LogP contribution in [0.25, 0.3) is 0 Å². The molecule has 10 heteroatoms. The Morgan fingerprint density at radius 1 is 1.00 bits per heavy atom. The third kappa shape index (κ3) is 4.86. The predicted octanol–water partition coefficient (Wildman–Crippen LogP) is 4.27. The van der Waals surface area contributed by atoms with Crippen molar-refractivity contribution in [3.8, 4) is 5.75 Å². The van der Waals surface area contributed by atoms with Gasteiger partial charge in [-0.1, -0.05) is 18.2 Å². The normalized spacial score (nSPS) is 11.0. The summed E-state index contributed by atoms with van der Waals surface area (Å²) in [4.78, 5) is 23.0. The van der Waals surface area contributed by atoms with E-state index in [-0.39, 0.29) is 27.5 Å². The van der Waals surface area contributed by atoms with Gasteiger partial charge in [0.05, 0.1) is 22.6 Å². The summed E-state index contributed by atoms with van der Waals surface area (Å²) >= 11 is 0. The molecule has 9 nitrogen and oxygen atoms in total. The Morgan fingerprint density at radius 3 is 2.38 bits per heavy atom. The molecule has 0 saturated carbocycles. The van der Waals surface area contributed by atoms with E-state index in [0.29, 0.717) is 16.9 Å². The maximum Gasteiger partial charge on any atom is 0.272 e. The predicted molar refractivity (Wildman–Crippen MR) is 121 cm³/mol. The number of nitro benzene ring substituents is 1. The van der Waals surface area contributed by atoms with Gasteiger partial charge < -0.3 is 10.1 Å². The molecule has 0 saturated heterocycles. The first kappa shape index (κ1) is 22.8. The van der Waals surface area contributed by atoms with Crippen molar-refractivity contribution in [3.05, 3.63) is 87.5 Å². The van der Waals surface area contributed by atoms with Crippen LogP contribution in [0.15, 0.2) is 65.6 Å². The molecule has 0 heterocycles. The first-order valence-electron chi connectivity index (χ1n) is 9.45. The summed E-state index contributed by atoms with van der Waals surface area (Å²) in [6.45, 7) is 3.18. The van der Waals surface area contributed by atoms with Gasteiger partial charge in [0.2, 0.25) is 0 Å². The van der Waals surface area contributed by atoms with E-state index in [1.165, 1.54) is 38.3 Å². The number of nitro groups is 1. The highest BCUT2D eigenvalue weighted by atomic mass is 32.2. The van der Waals surface area contributed by atoms with E-state index in [9.17, 15) is 23.3 Å². The molecule has 0 aliphatic rings. The molecular weight excluding hydrogens is 434 g/mol. The molecule has 0 aliphatic heterocycles. The van der Waals surface area contributed by atoms with Gasteiger partial charge in [0.25, 0.3) is 21.6 Å². The molecule has 0 bridgehead atoms. The Balaban J connectivity index is 1.87. The zero-order valence-electron chi connectivity index (χ0n) is 17.6. The van der Waals surface area contributed by atoms with Gasteiger partial charge in [0.15, 0.2) is 0 Å². The minimum absolute atomic E-state index is 0.0129. The first-order valence-corrected chi connectivity index (χ1v) is 10.9. The number of carbonyl (C=O) groups is 1. The highest BCUT2D eigenvalue weighted by molar-refractivity contribution is 7.92. The van der Waals surface area contributed by atoms with Crippen LogP contribution in [0, 0.1) is 24.0 Å². The maximum atomic E-state index is 13.0. The fourth-order valence-corrected chi connectivity index (χ4v) is 4.44. The number of ether oxygens (including phenoxy) is 1. The van der Waals surface area contributed by atoms with Crippen molar-refractivity contribution in [2.75, 3.05) is 17.1 Å². The maximum absolute atomic E-state index is 13.0. The second kappa shape index (κ2) is 9.06. The van der Waals surface area contributed by atoms with Gasteiger partial charge in [-0.25, -0.2) is 8.42 Å². The Morgan fingerprint density at radius 2 is 1.72 bits per heavy atom. The van der Waals surface area contributed by atoms with Gasteiger partial charge >= 0.3 is 0 Å². The zero-order valence-corrected chi connectivity index (χ0v) is 18.4. The molecule has 3 rings (SSSR count). The van der Waals surface area contributed by atoms with Crippen LogP contribution < -0.4 is 14.8 Å². The average molecular weight is 455 g/mol. The van der Waals surface area contributed by atoms with Crippen LogP contribution in [0.2, 0.25) is 0 Å². The molecule has 1 amide bonds. The molecule has 3 aromatic rings. The number of anilines is 2. The lowest BCUT2D eigenvalue weighted by Crippen LogP contribution is -2.16. The van der Waals surface area contributed by atoms with Crippen LogP contribution in [-0.4, -0.2) is 26.4 Å². The largest absolute Gasteiger partial charge is 0.495 e. The molecule has 2 N–H and O–H groups in total. The van der Waals surface area contributed by atoms with E-state index in [0.717, 1.165) is 0 Å². The van der Waals surface area contributed by atoms with E-state index in [1.54, 1.807) is 43.3 Å². The third-order valence-corrected chi connectivity index (χ3v) is 6.25. The van der Waals surface area contributed by atoms with Crippen LogP contribution in [-0.2, 0) is 10.0 Å². The van der Waals surface area contributed by atoms with Gasteiger partial charge in [-0.3, -0.25) is 19.6 Å². The molecule has 0 spiro atoms. The van der Waals surface area contributed by atoms with Crippen molar-refractivity contribution in [2.24, 2.45) is 0 Å². The molecule has 0 atom stereocenters. The third-order valence-electron chi connectivity index (χ3n) is 4.74. The number of methoxy groups -OCH3 is 1. The van der Waals surface area contributed by atoms with Gasteiger partial charge in [-0.2, -0.15) is 0 Å². The summed E-state index contributed by atoms with van der Waals surface area (Å²) in [6, 6.07) is 15.1. The van der Waals surface area contributed by atoms with Crippen LogP contribution in [0.3, 0.4) is 0 Å². The van der Waals surface area contributed by atoms with Crippen molar-refractivity contribution in [1.82, 2.24) is 0 Å². The zero-order chi connectivity index (χ0) is 23.5. The fraction of sp³-hybridized carbons (Fsp3) is 0.136. The number of sulfonamides is 1.